The first-order chi connectivity index (χ1) is 7.17. The van der Waals surface area contributed by atoms with Gasteiger partial charge in [0.05, 0.1) is 0 Å². The first-order valence-electron chi connectivity index (χ1n) is 4.70. The Hall–Kier alpha value is -0.710. The molecule has 0 amide bonds. The summed E-state index contributed by atoms with van der Waals surface area (Å²) in [4.78, 5) is 0. The van der Waals surface area contributed by atoms with Crippen LogP contribution in [0.5, 0.6) is 0 Å². The molecule has 2 nitrogen and oxygen atoms in total. The predicted molar refractivity (Wildman–Crippen MR) is 63.6 cm³/mol. The van der Waals surface area contributed by atoms with Crippen molar-refractivity contribution in [2.45, 2.75) is 18.9 Å². The first-order valence-corrected chi connectivity index (χ1v) is 5.49. The van der Waals surface area contributed by atoms with E-state index in [0.29, 0.717) is 0 Å². The van der Waals surface area contributed by atoms with Crippen LogP contribution < -0.4 is 11.3 Å². The molecule has 1 unspecified atom stereocenters. The molecule has 0 saturated heterocycles. The Labute approximate surface area is 97.5 Å². The monoisotopic (exact) mass is 272 g/mol. The molecule has 1 rings (SSSR count). The zero-order chi connectivity index (χ0) is 11.3. The number of hydrazine groups is 1. The molecule has 0 bridgehead atoms. The van der Waals surface area contributed by atoms with Crippen molar-refractivity contribution in [3.63, 3.8) is 0 Å². The van der Waals surface area contributed by atoms with Gasteiger partial charge >= 0.3 is 0 Å². The third-order valence-electron chi connectivity index (χ3n) is 2.15. The molecule has 0 fully saturated rings. The van der Waals surface area contributed by atoms with Gasteiger partial charge in [-0.1, -0.05) is 22.0 Å². The van der Waals surface area contributed by atoms with Gasteiger partial charge in [-0.05, 0) is 36.6 Å². The normalized spacial score (nSPS) is 12.5. The lowest BCUT2D eigenvalue weighted by molar-refractivity contribution is 0.515. The van der Waals surface area contributed by atoms with Crippen LogP contribution >= 0.6 is 15.9 Å². The van der Waals surface area contributed by atoms with Crippen molar-refractivity contribution in [2.75, 3.05) is 0 Å². The molecule has 0 saturated carbocycles. The minimum Gasteiger partial charge on any atom is -0.271 e. The van der Waals surface area contributed by atoms with Crippen LogP contribution in [0.25, 0.3) is 0 Å². The van der Waals surface area contributed by atoms with Crippen LogP contribution in [-0.4, -0.2) is 0 Å². The van der Waals surface area contributed by atoms with Crippen molar-refractivity contribution >= 4 is 15.9 Å². The zero-order valence-corrected chi connectivity index (χ0v) is 9.93. The fourth-order valence-electron chi connectivity index (χ4n) is 1.41. The van der Waals surface area contributed by atoms with Crippen molar-refractivity contribution in [3.05, 3.63) is 46.7 Å². The number of allylic oxidation sites excluding steroid dienone is 1. The van der Waals surface area contributed by atoms with Crippen LogP contribution in [-0.2, 0) is 0 Å². The predicted octanol–water partition coefficient (Wildman–Crippen LogP) is 3.06. The standard InChI is InChI=1S/C11H14BrFN2/c1-2-3-4-11(15-14)8-5-9(12)7-10(13)6-8/h2,5-7,11,15H,1,3-4,14H2. The van der Waals surface area contributed by atoms with Gasteiger partial charge in [0, 0.05) is 10.5 Å². The summed E-state index contributed by atoms with van der Waals surface area (Å²) < 4.78 is 13.8. The van der Waals surface area contributed by atoms with Crippen molar-refractivity contribution < 1.29 is 4.39 Å². The van der Waals surface area contributed by atoms with Crippen molar-refractivity contribution in [3.8, 4) is 0 Å². The number of nitrogens with two attached hydrogens (primary N) is 1. The minimum absolute atomic E-state index is 0.0463. The van der Waals surface area contributed by atoms with Gasteiger partial charge in [-0.3, -0.25) is 11.3 Å². The Kier molecular flexibility index (Phi) is 4.94. The Morgan fingerprint density at radius 2 is 2.27 bits per heavy atom. The van der Waals surface area contributed by atoms with Gasteiger partial charge in [0.25, 0.3) is 0 Å². The SMILES string of the molecule is C=CCCC(NN)c1cc(F)cc(Br)c1. The van der Waals surface area contributed by atoms with E-state index in [4.69, 9.17) is 5.84 Å². The van der Waals surface area contributed by atoms with E-state index in [1.54, 1.807) is 0 Å². The highest BCUT2D eigenvalue weighted by Crippen LogP contribution is 2.23. The number of nitrogens with one attached hydrogen (secondary N) is 1. The van der Waals surface area contributed by atoms with Crippen LogP contribution in [0.15, 0.2) is 35.3 Å². The third-order valence-corrected chi connectivity index (χ3v) is 2.61. The summed E-state index contributed by atoms with van der Waals surface area (Å²) in [6.45, 7) is 3.64. The van der Waals surface area contributed by atoms with E-state index in [9.17, 15) is 4.39 Å². The topological polar surface area (TPSA) is 38.0 Å². The lowest BCUT2D eigenvalue weighted by atomic mass is 10.0. The molecule has 82 valence electrons. The molecule has 1 aromatic rings. The molecule has 1 aromatic carbocycles. The molecule has 4 heteroatoms. The second kappa shape index (κ2) is 6.00. The lowest BCUT2D eigenvalue weighted by Gasteiger charge is -2.15. The van der Waals surface area contributed by atoms with Gasteiger partial charge in [-0.25, -0.2) is 4.39 Å². The Morgan fingerprint density at radius 3 is 2.80 bits per heavy atom. The van der Waals surface area contributed by atoms with E-state index >= 15 is 0 Å². The van der Waals surface area contributed by atoms with E-state index in [-0.39, 0.29) is 11.9 Å². The smallest absolute Gasteiger partial charge is 0.124 e. The molecule has 15 heavy (non-hydrogen) atoms. The van der Waals surface area contributed by atoms with Crippen molar-refractivity contribution in [2.24, 2.45) is 5.84 Å². The molecule has 0 radical (unpaired) electrons. The number of hydrogen-bond donors (Lipinski definition) is 2. The summed E-state index contributed by atoms with van der Waals surface area (Å²) in [6, 6.07) is 4.72. The van der Waals surface area contributed by atoms with Crippen LogP contribution in [0.3, 0.4) is 0 Å². The molecule has 3 N–H and O–H groups in total. The zero-order valence-electron chi connectivity index (χ0n) is 8.34. The fraction of sp³-hybridized carbons (Fsp3) is 0.273. The Bertz CT molecular complexity index is 321. The number of halogens is 2. The highest BCUT2D eigenvalue weighted by molar-refractivity contribution is 9.10. The number of rotatable bonds is 5. The second-order valence-corrected chi connectivity index (χ2v) is 4.20. The summed E-state index contributed by atoms with van der Waals surface area (Å²) in [7, 11) is 0. The van der Waals surface area contributed by atoms with E-state index in [1.165, 1.54) is 12.1 Å². The van der Waals surface area contributed by atoms with E-state index in [2.05, 4.69) is 27.9 Å². The average molecular weight is 273 g/mol. The number of hydrogen-bond acceptors (Lipinski definition) is 2. The molecule has 0 aliphatic rings. The molecule has 0 aliphatic heterocycles. The van der Waals surface area contributed by atoms with Crippen LogP contribution in [0.4, 0.5) is 4.39 Å². The lowest BCUT2D eigenvalue weighted by Crippen LogP contribution is -2.28. The van der Waals surface area contributed by atoms with Crippen LogP contribution in [0.1, 0.15) is 24.4 Å². The summed E-state index contributed by atoms with van der Waals surface area (Å²) >= 11 is 3.25. The van der Waals surface area contributed by atoms with E-state index in [0.717, 1.165) is 22.9 Å². The Morgan fingerprint density at radius 1 is 1.53 bits per heavy atom. The summed E-state index contributed by atoms with van der Waals surface area (Å²) in [5.41, 5.74) is 3.51. The minimum atomic E-state index is -0.266. The van der Waals surface area contributed by atoms with E-state index in [1.807, 2.05) is 12.1 Å². The summed E-state index contributed by atoms with van der Waals surface area (Å²) in [6.07, 6.45) is 3.46. The van der Waals surface area contributed by atoms with Crippen molar-refractivity contribution in [1.29, 1.82) is 0 Å². The third kappa shape index (κ3) is 3.74. The molecule has 0 heterocycles. The highest BCUT2D eigenvalue weighted by Gasteiger charge is 2.10. The molecule has 0 spiro atoms. The summed E-state index contributed by atoms with van der Waals surface area (Å²) in [5, 5.41) is 0. The van der Waals surface area contributed by atoms with Gasteiger partial charge in [-0.2, -0.15) is 0 Å². The summed E-state index contributed by atoms with van der Waals surface area (Å²) in [5.74, 6) is 5.16. The van der Waals surface area contributed by atoms with Gasteiger partial charge < -0.3 is 0 Å². The largest absolute Gasteiger partial charge is 0.271 e. The maximum Gasteiger partial charge on any atom is 0.124 e. The van der Waals surface area contributed by atoms with Gasteiger partial charge in [0.1, 0.15) is 5.82 Å². The molecule has 0 aromatic heterocycles. The van der Waals surface area contributed by atoms with E-state index < -0.39 is 0 Å². The maximum absolute atomic E-state index is 13.1. The fourth-order valence-corrected chi connectivity index (χ4v) is 1.89. The second-order valence-electron chi connectivity index (χ2n) is 3.29. The quantitative estimate of drug-likeness (QED) is 0.491. The number of benzene rings is 1. The van der Waals surface area contributed by atoms with Crippen LogP contribution in [0, 0.1) is 5.82 Å². The molecular formula is C11H14BrFN2. The first kappa shape index (κ1) is 12.4. The highest BCUT2D eigenvalue weighted by atomic mass is 79.9. The Balaban J connectivity index is 2.85. The van der Waals surface area contributed by atoms with Crippen LogP contribution in [0.2, 0.25) is 0 Å². The molecule has 0 aliphatic carbocycles. The van der Waals surface area contributed by atoms with Gasteiger partial charge in [0.15, 0.2) is 0 Å². The molecule has 1 atom stereocenters. The van der Waals surface area contributed by atoms with Gasteiger partial charge in [-0.15, -0.1) is 6.58 Å². The van der Waals surface area contributed by atoms with Crippen molar-refractivity contribution in [1.82, 2.24) is 5.43 Å². The maximum atomic E-state index is 13.1. The van der Waals surface area contributed by atoms with Gasteiger partial charge in [0.2, 0.25) is 0 Å². The molecular weight excluding hydrogens is 259 g/mol. The average Bonchev–Trinajstić information content (AvgIpc) is 2.17.